The third-order valence-electron chi connectivity index (χ3n) is 3.98. The number of furan rings is 1. The van der Waals surface area contributed by atoms with E-state index in [1.165, 1.54) is 11.3 Å². The first-order valence-electron chi connectivity index (χ1n) is 8.20. The van der Waals surface area contributed by atoms with Crippen molar-refractivity contribution in [2.45, 2.75) is 13.0 Å². The molecule has 0 bridgehead atoms. The van der Waals surface area contributed by atoms with Crippen molar-refractivity contribution in [2.24, 2.45) is 5.73 Å². The van der Waals surface area contributed by atoms with E-state index in [1.807, 2.05) is 22.8 Å². The largest absolute Gasteiger partial charge is 0.463 e. The molecule has 3 heterocycles. The number of aryl methyl sites for hydroxylation is 1. The number of aromatic nitrogens is 3. The van der Waals surface area contributed by atoms with Gasteiger partial charge in [0.05, 0.1) is 34.7 Å². The van der Waals surface area contributed by atoms with E-state index in [0.717, 1.165) is 34.6 Å². The lowest BCUT2D eigenvalue weighted by Gasteiger charge is -2.04. The van der Waals surface area contributed by atoms with Gasteiger partial charge in [-0.2, -0.15) is 0 Å². The minimum absolute atomic E-state index is 0.219. The molecule has 8 heteroatoms. The van der Waals surface area contributed by atoms with Gasteiger partial charge in [-0.15, -0.1) is 0 Å². The number of nitrogens with two attached hydrogens (primary N) is 1. The monoisotopic (exact) mass is 367 g/mol. The Labute approximate surface area is 153 Å². The average molecular weight is 367 g/mol. The maximum atomic E-state index is 12.5. The molecule has 0 aliphatic carbocycles. The van der Waals surface area contributed by atoms with Gasteiger partial charge in [0.2, 0.25) is 0 Å². The molecule has 132 valence electrons. The molecule has 0 saturated heterocycles. The van der Waals surface area contributed by atoms with E-state index in [1.54, 1.807) is 30.9 Å². The molecule has 0 unspecified atom stereocenters. The van der Waals surface area contributed by atoms with Crippen LogP contribution in [0.3, 0.4) is 0 Å². The van der Waals surface area contributed by atoms with Gasteiger partial charge >= 0.3 is 0 Å². The molecule has 0 fully saturated rings. The highest BCUT2D eigenvalue weighted by molar-refractivity contribution is 7.19. The Hall–Kier alpha value is -2.97. The van der Waals surface area contributed by atoms with E-state index >= 15 is 0 Å². The summed E-state index contributed by atoms with van der Waals surface area (Å²) in [6.45, 7) is 1.45. The number of anilines is 1. The highest BCUT2D eigenvalue weighted by atomic mass is 32.1. The SMILES string of the molecule is NCCCn1cnc2cc(C(=O)Nc3ncc(-c4ccco4)s3)ccc21. The van der Waals surface area contributed by atoms with Gasteiger partial charge in [-0.3, -0.25) is 10.1 Å². The summed E-state index contributed by atoms with van der Waals surface area (Å²) in [6, 6.07) is 9.15. The zero-order valence-corrected chi connectivity index (χ0v) is 14.7. The van der Waals surface area contributed by atoms with Crippen LogP contribution in [0.4, 0.5) is 5.13 Å². The molecule has 1 amide bonds. The zero-order valence-electron chi connectivity index (χ0n) is 13.9. The van der Waals surface area contributed by atoms with E-state index in [2.05, 4.69) is 15.3 Å². The van der Waals surface area contributed by atoms with E-state index in [4.69, 9.17) is 10.2 Å². The van der Waals surface area contributed by atoms with Gasteiger partial charge in [0, 0.05) is 12.1 Å². The third kappa shape index (κ3) is 3.24. The van der Waals surface area contributed by atoms with Gasteiger partial charge in [-0.05, 0) is 43.3 Å². The number of hydrogen-bond acceptors (Lipinski definition) is 6. The van der Waals surface area contributed by atoms with Crippen LogP contribution in [0.1, 0.15) is 16.8 Å². The number of hydrogen-bond donors (Lipinski definition) is 2. The Morgan fingerprint density at radius 3 is 3.04 bits per heavy atom. The van der Waals surface area contributed by atoms with Crippen molar-refractivity contribution < 1.29 is 9.21 Å². The van der Waals surface area contributed by atoms with Crippen LogP contribution >= 0.6 is 11.3 Å². The van der Waals surface area contributed by atoms with Crippen molar-refractivity contribution in [3.63, 3.8) is 0 Å². The zero-order chi connectivity index (χ0) is 17.9. The molecular weight excluding hydrogens is 350 g/mol. The first-order chi connectivity index (χ1) is 12.7. The number of benzene rings is 1. The average Bonchev–Trinajstić information content (AvgIpc) is 3.39. The molecule has 0 radical (unpaired) electrons. The van der Waals surface area contributed by atoms with E-state index in [9.17, 15) is 4.79 Å². The minimum Gasteiger partial charge on any atom is -0.463 e. The van der Waals surface area contributed by atoms with Crippen molar-refractivity contribution in [3.8, 4) is 10.6 Å². The van der Waals surface area contributed by atoms with Crippen molar-refractivity contribution >= 4 is 33.4 Å². The van der Waals surface area contributed by atoms with Gasteiger partial charge < -0.3 is 14.7 Å². The van der Waals surface area contributed by atoms with Crippen LogP contribution in [0.2, 0.25) is 0 Å². The fourth-order valence-electron chi connectivity index (χ4n) is 2.68. The van der Waals surface area contributed by atoms with E-state index in [0.29, 0.717) is 17.2 Å². The Bertz CT molecular complexity index is 1040. The minimum atomic E-state index is -0.219. The van der Waals surface area contributed by atoms with Crippen LogP contribution in [0, 0.1) is 0 Å². The highest BCUT2D eigenvalue weighted by Crippen LogP contribution is 2.29. The number of rotatable bonds is 6. The summed E-state index contributed by atoms with van der Waals surface area (Å²) in [5.41, 5.74) is 7.87. The molecule has 4 aromatic rings. The molecule has 4 rings (SSSR count). The summed E-state index contributed by atoms with van der Waals surface area (Å²) in [5, 5.41) is 3.35. The van der Waals surface area contributed by atoms with Crippen LogP contribution in [-0.2, 0) is 6.54 Å². The van der Waals surface area contributed by atoms with Crippen LogP contribution in [0.5, 0.6) is 0 Å². The molecule has 7 nitrogen and oxygen atoms in total. The quantitative estimate of drug-likeness (QED) is 0.544. The van der Waals surface area contributed by atoms with Crippen molar-refractivity contribution in [1.29, 1.82) is 0 Å². The van der Waals surface area contributed by atoms with Crippen LogP contribution in [0.15, 0.2) is 53.5 Å². The van der Waals surface area contributed by atoms with Crippen LogP contribution in [-0.4, -0.2) is 27.0 Å². The predicted molar refractivity (Wildman–Crippen MR) is 101 cm³/mol. The maximum Gasteiger partial charge on any atom is 0.257 e. The standard InChI is InChI=1S/C18H17N5O2S/c19-6-2-7-23-11-21-13-9-12(4-5-14(13)23)17(24)22-18-20-10-16(26-18)15-3-1-8-25-15/h1,3-5,8-11H,2,6-7,19H2,(H,20,22,24). The summed E-state index contributed by atoms with van der Waals surface area (Å²) >= 11 is 1.36. The third-order valence-corrected chi connectivity index (χ3v) is 4.90. The first-order valence-corrected chi connectivity index (χ1v) is 9.02. The summed E-state index contributed by atoms with van der Waals surface area (Å²) in [5.74, 6) is 0.510. The molecule has 0 atom stereocenters. The molecule has 3 N–H and O–H groups in total. The van der Waals surface area contributed by atoms with E-state index in [-0.39, 0.29) is 5.91 Å². The van der Waals surface area contributed by atoms with Gasteiger partial charge in [-0.25, -0.2) is 9.97 Å². The number of imidazole rings is 1. The van der Waals surface area contributed by atoms with E-state index < -0.39 is 0 Å². The number of amides is 1. The number of nitrogens with zero attached hydrogens (tertiary/aromatic N) is 3. The molecule has 1 aromatic carbocycles. The summed E-state index contributed by atoms with van der Waals surface area (Å²) in [6.07, 6.45) is 5.95. The molecule has 0 saturated carbocycles. The number of fused-ring (bicyclic) bond motifs is 1. The molecule has 3 aromatic heterocycles. The maximum absolute atomic E-state index is 12.5. The molecule has 0 spiro atoms. The van der Waals surface area contributed by atoms with Crippen molar-refractivity contribution in [3.05, 3.63) is 54.7 Å². The fourth-order valence-corrected chi connectivity index (χ4v) is 3.46. The van der Waals surface area contributed by atoms with Gasteiger partial charge in [-0.1, -0.05) is 11.3 Å². The summed E-state index contributed by atoms with van der Waals surface area (Å²) in [7, 11) is 0. The Balaban J connectivity index is 1.51. The second kappa shape index (κ2) is 7.11. The Morgan fingerprint density at radius 2 is 2.23 bits per heavy atom. The number of nitrogens with one attached hydrogen (secondary N) is 1. The Kier molecular flexibility index (Phi) is 4.51. The fraction of sp³-hybridized carbons (Fsp3) is 0.167. The summed E-state index contributed by atoms with van der Waals surface area (Å²) in [4.78, 5) is 22.0. The second-order valence-electron chi connectivity index (χ2n) is 5.74. The van der Waals surface area contributed by atoms with Crippen molar-refractivity contribution in [2.75, 3.05) is 11.9 Å². The van der Waals surface area contributed by atoms with Gasteiger partial charge in [0.1, 0.15) is 5.76 Å². The smallest absolute Gasteiger partial charge is 0.257 e. The summed E-state index contributed by atoms with van der Waals surface area (Å²) < 4.78 is 7.38. The van der Waals surface area contributed by atoms with Gasteiger partial charge in [0.25, 0.3) is 5.91 Å². The first kappa shape index (κ1) is 16.5. The Morgan fingerprint density at radius 1 is 1.31 bits per heavy atom. The van der Waals surface area contributed by atoms with Crippen LogP contribution < -0.4 is 11.1 Å². The molecular formula is C18H17N5O2S. The number of thiazole rings is 1. The second-order valence-corrected chi connectivity index (χ2v) is 6.78. The normalized spacial score (nSPS) is 11.1. The predicted octanol–water partition coefficient (Wildman–Crippen LogP) is 3.35. The molecule has 0 aliphatic rings. The number of carbonyl (C=O) groups excluding carboxylic acids is 1. The molecule has 26 heavy (non-hydrogen) atoms. The lowest BCUT2D eigenvalue weighted by molar-refractivity contribution is 0.102. The van der Waals surface area contributed by atoms with Gasteiger partial charge in [0.15, 0.2) is 5.13 Å². The number of carbonyl (C=O) groups is 1. The van der Waals surface area contributed by atoms with Crippen LogP contribution in [0.25, 0.3) is 21.7 Å². The van der Waals surface area contributed by atoms with Crippen molar-refractivity contribution in [1.82, 2.24) is 14.5 Å². The molecule has 0 aliphatic heterocycles. The lowest BCUT2D eigenvalue weighted by atomic mass is 10.2. The topological polar surface area (TPSA) is 99.0 Å². The lowest BCUT2D eigenvalue weighted by Crippen LogP contribution is -2.11. The highest BCUT2D eigenvalue weighted by Gasteiger charge is 2.13.